The van der Waals surface area contributed by atoms with Gasteiger partial charge in [0.1, 0.15) is 5.75 Å². The van der Waals surface area contributed by atoms with Crippen molar-refractivity contribution in [2.45, 2.75) is 19.8 Å². The fraction of sp³-hybridized carbons (Fsp3) is 0.500. The predicted octanol–water partition coefficient (Wildman–Crippen LogP) is 2.98. The SMILES string of the molecule is COc1cc(OC)c(OC)cc1/C=C/C(=O)N1CCCC(C)C1. The summed E-state index contributed by atoms with van der Waals surface area (Å²) in [7, 11) is 4.75. The summed E-state index contributed by atoms with van der Waals surface area (Å²) < 4.78 is 15.9. The fourth-order valence-corrected chi connectivity index (χ4v) is 2.84. The molecule has 1 fully saturated rings. The van der Waals surface area contributed by atoms with E-state index >= 15 is 0 Å². The van der Waals surface area contributed by atoms with Crippen molar-refractivity contribution < 1.29 is 19.0 Å². The van der Waals surface area contributed by atoms with Crippen molar-refractivity contribution in [1.82, 2.24) is 4.90 Å². The van der Waals surface area contributed by atoms with Gasteiger partial charge in [0.2, 0.25) is 5.91 Å². The Morgan fingerprint density at radius 2 is 1.78 bits per heavy atom. The van der Waals surface area contributed by atoms with E-state index in [-0.39, 0.29) is 5.91 Å². The minimum atomic E-state index is 0.0355. The van der Waals surface area contributed by atoms with E-state index in [1.165, 1.54) is 6.42 Å². The van der Waals surface area contributed by atoms with E-state index < -0.39 is 0 Å². The maximum Gasteiger partial charge on any atom is 0.246 e. The number of carbonyl (C=O) groups is 1. The molecule has 0 N–H and O–H groups in total. The average Bonchev–Trinajstić information content (AvgIpc) is 2.58. The van der Waals surface area contributed by atoms with Crippen molar-refractivity contribution in [3.8, 4) is 17.2 Å². The molecule has 1 aromatic rings. The lowest BCUT2D eigenvalue weighted by molar-refractivity contribution is -0.127. The third-order valence-corrected chi connectivity index (χ3v) is 4.11. The second kappa shape index (κ2) is 7.90. The van der Waals surface area contributed by atoms with Crippen molar-refractivity contribution in [2.75, 3.05) is 34.4 Å². The number of piperidine rings is 1. The van der Waals surface area contributed by atoms with Gasteiger partial charge in [-0.25, -0.2) is 0 Å². The van der Waals surface area contributed by atoms with Crippen LogP contribution in [0.5, 0.6) is 17.2 Å². The summed E-state index contributed by atoms with van der Waals surface area (Å²) in [4.78, 5) is 14.2. The molecule has 5 heteroatoms. The van der Waals surface area contributed by atoms with Gasteiger partial charge in [0.15, 0.2) is 11.5 Å². The first kappa shape index (κ1) is 17.2. The second-order valence-electron chi connectivity index (χ2n) is 5.81. The fourth-order valence-electron chi connectivity index (χ4n) is 2.84. The zero-order valence-corrected chi connectivity index (χ0v) is 14.3. The summed E-state index contributed by atoms with van der Waals surface area (Å²) >= 11 is 0. The normalized spacial score (nSPS) is 18.1. The summed E-state index contributed by atoms with van der Waals surface area (Å²) in [5, 5.41) is 0. The van der Waals surface area contributed by atoms with Gasteiger partial charge in [0.25, 0.3) is 0 Å². The molecule has 5 nitrogen and oxygen atoms in total. The molecule has 23 heavy (non-hydrogen) atoms. The van der Waals surface area contributed by atoms with Crippen LogP contribution in [0.3, 0.4) is 0 Å². The van der Waals surface area contributed by atoms with Crippen LogP contribution in [0.4, 0.5) is 0 Å². The van der Waals surface area contributed by atoms with Gasteiger partial charge >= 0.3 is 0 Å². The predicted molar refractivity (Wildman–Crippen MR) is 90.1 cm³/mol. The van der Waals surface area contributed by atoms with Crippen LogP contribution in [0.25, 0.3) is 6.08 Å². The lowest BCUT2D eigenvalue weighted by atomic mass is 10.0. The molecular formula is C18H25NO4. The molecule has 1 aromatic carbocycles. The molecule has 1 atom stereocenters. The van der Waals surface area contributed by atoms with Crippen LogP contribution in [0, 0.1) is 5.92 Å². The van der Waals surface area contributed by atoms with E-state index in [9.17, 15) is 4.79 Å². The standard InChI is InChI=1S/C18H25NO4/c1-13-6-5-9-19(12-13)18(20)8-7-14-10-16(22-3)17(23-4)11-15(14)21-2/h7-8,10-11,13H,5-6,9,12H2,1-4H3/b8-7+. The summed E-state index contributed by atoms with van der Waals surface area (Å²) in [5.41, 5.74) is 0.781. The molecule has 0 spiro atoms. The first-order valence-corrected chi connectivity index (χ1v) is 7.86. The number of hydrogen-bond donors (Lipinski definition) is 0. The van der Waals surface area contributed by atoms with Crippen LogP contribution in [-0.4, -0.2) is 45.2 Å². The van der Waals surface area contributed by atoms with Gasteiger partial charge < -0.3 is 19.1 Å². The molecule has 126 valence electrons. The number of amides is 1. The lowest BCUT2D eigenvalue weighted by Crippen LogP contribution is -2.38. The van der Waals surface area contributed by atoms with E-state index in [0.717, 1.165) is 25.1 Å². The zero-order chi connectivity index (χ0) is 16.8. The Kier molecular flexibility index (Phi) is 5.90. The van der Waals surface area contributed by atoms with E-state index in [2.05, 4.69) is 6.92 Å². The minimum Gasteiger partial charge on any atom is -0.496 e. The van der Waals surface area contributed by atoms with Gasteiger partial charge in [-0.1, -0.05) is 6.92 Å². The van der Waals surface area contributed by atoms with Crippen LogP contribution in [0.15, 0.2) is 18.2 Å². The number of rotatable bonds is 5. The number of methoxy groups -OCH3 is 3. The molecule has 0 saturated carbocycles. The van der Waals surface area contributed by atoms with Crippen molar-refractivity contribution in [3.63, 3.8) is 0 Å². The van der Waals surface area contributed by atoms with Crippen LogP contribution < -0.4 is 14.2 Å². The highest BCUT2D eigenvalue weighted by atomic mass is 16.5. The molecule has 0 bridgehead atoms. The molecule has 1 saturated heterocycles. The number of benzene rings is 1. The highest BCUT2D eigenvalue weighted by Crippen LogP contribution is 2.35. The Morgan fingerprint density at radius 1 is 1.13 bits per heavy atom. The second-order valence-corrected chi connectivity index (χ2v) is 5.81. The highest BCUT2D eigenvalue weighted by Gasteiger charge is 2.19. The Labute approximate surface area is 137 Å². The van der Waals surface area contributed by atoms with E-state index in [1.807, 2.05) is 4.90 Å². The van der Waals surface area contributed by atoms with Gasteiger partial charge in [-0.15, -0.1) is 0 Å². The molecule has 1 aliphatic rings. The summed E-state index contributed by atoms with van der Waals surface area (Å²) in [6, 6.07) is 3.56. The first-order chi connectivity index (χ1) is 11.1. The van der Waals surface area contributed by atoms with Gasteiger partial charge in [-0.2, -0.15) is 0 Å². The van der Waals surface area contributed by atoms with Gasteiger partial charge in [-0.3, -0.25) is 4.79 Å². The van der Waals surface area contributed by atoms with Gasteiger partial charge in [-0.05, 0) is 30.9 Å². The smallest absolute Gasteiger partial charge is 0.246 e. The molecule has 2 rings (SSSR count). The van der Waals surface area contributed by atoms with E-state index in [4.69, 9.17) is 14.2 Å². The monoisotopic (exact) mass is 319 g/mol. The molecular weight excluding hydrogens is 294 g/mol. The Balaban J connectivity index is 2.19. The molecule has 1 amide bonds. The Bertz CT molecular complexity index is 583. The number of ether oxygens (including phenoxy) is 3. The van der Waals surface area contributed by atoms with Crippen LogP contribution in [0.2, 0.25) is 0 Å². The average molecular weight is 319 g/mol. The third-order valence-electron chi connectivity index (χ3n) is 4.11. The topological polar surface area (TPSA) is 48.0 Å². The van der Waals surface area contributed by atoms with Crippen molar-refractivity contribution in [3.05, 3.63) is 23.8 Å². The third kappa shape index (κ3) is 4.18. The largest absolute Gasteiger partial charge is 0.496 e. The van der Waals surface area contributed by atoms with Crippen LogP contribution in [-0.2, 0) is 4.79 Å². The number of carbonyl (C=O) groups excluding carboxylic acids is 1. The van der Waals surface area contributed by atoms with Crippen molar-refractivity contribution in [2.24, 2.45) is 5.92 Å². The van der Waals surface area contributed by atoms with Crippen molar-refractivity contribution >= 4 is 12.0 Å². The Morgan fingerprint density at radius 3 is 2.39 bits per heavy atom. The maximum absolute atomic E-state index is 12.3. The molecule has 1 aliphatic heterocycles. The summed E-state index contributed by atoms with van der Waals surface area (Å²) in [6.45, 7) is 3.84. The van der Waals surface area contributed by atoms with E-state index in [0.29, 0.717) is 23.2 Å². The maximum atomic E-state index is 12.3. The molecule has 1 heterocycles. The van der Waals surface area contributed by atoms with E-state index in [1.54, 1.807) is 45.6 Å². The van der Waals surface area contributed by atoms with Crippen LogP contribution >= 0.6 is 0 Å². The first-order valence-electron chi connectivity index (χ1n) is 7.86. The lowest BCUT2D eigenvalue weighted by Gasteiger charge is -2.30. The minimum absolute atomic E-state index is 0.0355. The molecule has 0 aliphatic carbocycles. The summed E-state index contributed by atoms with van der Waals surface area (Å²) in [5.74, 6) is 2.44. The molecule has 0 aromatic heterocycles. The van der Waals surface area contributed by atoms with Crippen LogP contribution in [0.1, 0.15) is 25.3 Å². The molecule has 0 radical (unpaired) electrons. The van der Waals surface area contributed by atoms with Gasteiger partial charge in [0.05, 0.1) is 21.3 Å². The Hall–Kier alpha value is -2.17. The number of nitrogens with zero attached hydrogens (tertiary/aromatic N) is 1. The zero-order valence-electron chi connectivity index (χ0n) is 14.3. The quantitative estimate of drug-likeness (QED) is 0.783. The number of hydrogen-bond acceptors (Lipinski definition) is 4. The summed E-state index contributed by atoms with van der Waals surface area (Å²) in [6.07, 6.45) is 5.63. The van der Waals surface area contributed by atoms with Crippen molar-refractivity contribution in [1.29, 1.82) is 0 Å². The highest BCUT2D eigenvalue weighted by molar-refractivity contribution is 5.92. The molecule has 1 unspecified atom stereocenters. The van der Waals surface area contributed by atoms with Gasteiger partial charge in [0, 0.05) is 30.8 Å². The number of likely N-dealkylation sites (tertiary alicyclic amines) is 1.